The number of carbonyl (C=O) groups excluding carboxylic acids is 1. The molecule has 0 saturated heterocycles. The number of ether oxygens (including phenoxy) is 2. The Labute approximate surface area is 189 Å². The molecule has 33 heavy (non-hydrogen) atoms. The van der Waals surface area contributed by atoms with E-state index in [0.717, 1.165) is 22.2 Å². The second-order valence-corrected chi connectivity index (χ2v) is 7.45. The Morgan fingerprint density at radius 2 is 1.70 bits per heavy atom. The molecule has 8 heteroatoms. The summed E-state index contributed by atoms with van der Waals surface area (Å²) in [6.45, 7) is 0.592. The summed E-state index contributed by atoms with van der Waals surface area (Å²) in [6.07, 6.45) is 0. The Bertz CT molecular complexity index is 1460. The van der Waals surface area contributed by atoms with Crippen LogP contribution < -0.4 is 14.8 Å². The molecule has 3 aromatic carbocycles. The summed E-state index contributed by atoms with van der Waals surface area (Å²) in [7, 11) is 3.18. The van der Waals surface area contributed by atoms with Crippen LogP contribution in [-0.4, -0.2) is 39.9 Å². The van der Waals surface area contributed by atoms with Crippen molar-refractivity contribution in [1.82, 2.24) is 19.7 Å². The summed E-state index contributed by atoms with van der Waals surface area (Å²) in [5.41, 5.74) is 3.77. The number of carbonyl (C=O) groups is 1. The monoisotopic (exact) mass is 439 g/mol. The molecule has 2 aromatic heterocycles. The minimum Gasteiger partial charge on any atom is -0.497 e. The maximum atomic E-state index is 12.8. The first-order valence-electron chi connectivity index (χ1n) is 10.4. The van der Waals surface area contributed by atoms with Crippen LogP contribution >= 0.6 is 0 Å². The standard InChI is InChI=1S/C25H21N5O3/c1-32-18-10-6-9-17(13-18)24(31)27-25-26-23-22(28-29-25)20-14-19(33-2)11-12-21(20)30(23)15-16-7-4-3-5-8-16/h3-14H,15H2,1-2H3,(H,26,27,29,31). The molecule has 0 fully saturated rings. The Hall–Kier alpha value is -4.46. The molecule has 0 spiro atoms. The van der Waals surface area contributed by atoms with Gasteiger partial charge in [-0.1, -0.05) is 36.4 Å². The zero-order chi connectivity index (χ0) is 22.8. The minimum absolute atomic E-state index is 0.124. The quantitative estimate of drug-likeness (QED) is 0.424. The van der Waals surface area contributed by atoms with Crippen molar-refractivity contribution in [2.45, 2.75) is 6.54 Å². The molecule has 0 aliphatic carbocycles. The number of nitrogens with one attached hydrogen (secondary N) is 1. The van der Waals surface area contributed by atoms with Crippen molar-refractivity contribution < 1.29 is 14.3 Å². The summed E-state index contributed by atoms with van der Waals surface area (Å²) in [6, 6.07) is 22.8. The first-order valence-corrected chi connectivity index (χ1v) is 10.4. The number of nitrogens with zero attached hydrogens (tertiary/aromatic N) is 4. The molecule has 1 amide bonds. The maximum absolute atomic E-state index is 12.8. The van der Waals surface area contributed by atoms with Crippen LogP contribution in [0.1, 0.15) is 15.9 Å². The van der Waals surface area contributed by atoms with Crippen molar-refractivity contribution in [1.29, 1.82) is 0 Å². The number of fused-ring (bicyclic) bond motifs is 3. The molecule has 0 atom stereocenters. The number of hydrogen-bond donors (Lipinski definition) is 1. The van der Waals surface area contributed by atoms with Gasteiger partial charge in [0.2, 0.25) is 0 Å². The second-order valence-electron chi connectivity index (χ2n) is 7.45. The highest BCUT2D eigenvalue weighted by Crippen LogP contribution is 2.30. The number of benzene rings is 3. The van der Waals surface area contributed by atoms with Crippen LogP contribution in [0, 0.1) is 0 Å². The maximum Gasteiger partial charge on any atom is 0.258 e. The van der Waals surface area contributed by atoms with Gasteiger partial charge in [-0.25, -0.2) is 0 Å². The highest BCUT2D eigenvalue weighted by molar-refractivity contribution is 6.06. The first-order chi connectivity index (χ1) is 16.2. The molecule has 0 aliphatic heterocycles. The smallest absolute Gasteiger partial charge is 0.258 e. The van der Waals surface area contributed by atoms with Gasteiger partial charge in [-0.05, 0) is 42.0 Å². The predicted molar refractivity (Wildman–Crippen MR) is 126 cm³/mol. The molecule has 5 aromatic rings. The third-order valence-electron chi connectivity index (χ3n) is 5.41. The van der Waals surface area contributed by atoms with Crippen LogP contribution in [0.4, 0.5) is 5.95 Å². The predicted octanol–water partition coefficient (Wildman–Crippen LogP) is 4.30. The van der Waals surface area contributed by atoms with Gasteiger partial charge in [-0.15, -0.1) is 10.2 Å². The average Bonchev–Trinajstić information content (AvgIpc) is 3.16. The molecular formula is C25H21N5O3. The van der Waals surface area contributed by atoms with Crippen LogP contribution in [-0.2, 0) is 6.54 Å². The highest BCUT2D eigenvalue weighted by atomic mass is 16.5. The Morgan fingerprint density at radius 1 is 0.909 bits per heavy atom. The van der Waals surface area contributed by atoms with Gasteiger partial charge < -0.3 is 14.0 Å². The summed E-state index contributed by atoms with van der Waals surface area (Å²) < 4.78 is 12.7. The highest BCUT2D eigenvalue weighted by Gasteiger charge is 2.17. The molecule has 0 radical (unpaired) electrons. The van der Waals surface area contributed by atoms with Gasteiger partial charge in [0.05, 0.1) is 19.7 Å². The van der Waals surface area contributed by atoms with Crippen molar-refractivity contribution in [3.8, 4) is 11.5 Å². The number of anilines is 1. The van der Waals surface area contributed by atoms with Gasteiger partial charge in [0, 0.05) is 17.5 Å². The molecule has 2 heterocycles. The zero-order valence-electron chi connectivity index (χ0n) is 18.1. The molecule has 0 aliphatic rings. The van der Waals surface area contributed by atoms with E-state index >= 15 is 0 Å². The topological polar surface area (TPSA) is 91.2 Å². The van der Waals surface area contributed by atoms with E-state index in [0.29, 0.717) is 29.0 Å². The lowest BCUT2D eigenvalue weighted by atomic mass is 10.2. The van der Waals surface area contributed by atoms with Gasteiger partial charge in [-0.2, -0.15) is 4.98 Å². The Kier molecular flexibility index (Phi) is 5.32. The van der Waals surface area contributed by atoms with Gasteiger partial charge in [0.1, 0.15) is 17.0 Å². The molecular weight excluding hydrogens is 418 g/mol. The molecule has 0 bridgehead atoms. The van der Waals surface area contributed by atoms with Crippen molar-refractivity contribution in [3.05, 3.63) is 83.9 Å². The third-order valence-corrected chi connectivity index (χ3v) is 5.41. The first kappa shape index (κ1) is 20.4. The van der Waals surface area contributed by atoms with Crippen molar-refractivity contribution in [2.75, 3.05) is 19.5 Å². The van der Waals surface area contributed by atoms with Gasteiger partial charge in [-0.3, -0.25) is 10.1 Å². The van der Waals surface area contributed by atoms with E-state index in [4.69, 9.17) is 9.47 Å². The fraction of sp³-hybridized carbons (Fsp3) is 0.120. The number of aromatic nitrogens is 4. The van der Waals surface area contributed by atoms with Crippen LogP contribution in [0.2, 0.25) is 0 Å². The van der Waals surface area contributed by atoms with Crippen LogP contribution in [0.3, 0.4) is 0 Å². The van der Waals surface area contributed by atoms with Crippen molar-refractivity contribution >= 4 is 33.9 Å². The van der Waals surface area contributed by atoms with E-state index in [1.807, 2.05) is 36.4 Å². The fourth-order valence-corrected chi connectivity index (χ4v) is 3.78. The summed E-state index contributed by atoms with van der Waals surface area (Å²) >= 11 is 0. The van der Waals surface area contributed by atoms with Gasteiger partial charge in [0.25, 0.3) is 11.9 Å². The van der Waals surface area contributed by atoms with E-state index in [9.17, 15) is 4.79 Å². The third kappa shape index (κ3) is 3.94. The summed E-state index contributed by atoms with van der Waals surface area (Å²) in [5.74, 6) is 1.09. The molecule has 164 valence electrons. The lowest BCUT2D eigenvalue weighted by Gasteiger charge is -2.08. The molecule has 5 rings (SSSR count). The lowest BCUT2D eigenvalue weighted by molar-refractivity contribution is 0.102. The van der Waals surface area contributed by atoms with E-state index in [1.165, 1.54) is 0 Å². The van der Waals surface area contributed by atoms with E-state index < -0.39 is 0 Å². The summed E-state index contributed by atoms with van der Waals surface area (Å²) in [4.78, 5) is 17.4. The Balaban J connectivity index is 1.59. The normalized spacial score (nSPS) is 11.0. The number of rotatable bonds is 6. The molecule has 1 N–H and O–H groups in total. The minimum atomic E-state index is -0.345. The van der Waals surface area contributed by atoms with Gasteiger partial charge >= 0.3 is 0 Å². The van der Waals surface area contributed by atoms with E-state index in [1.54, 1.807) is 38.5 Å². The number of methoxy groups -OCH3 is 2. The summed E-state index contributed by atoms with van der Waals surface area (Å²) in [5, 5.41) is 12.2. The van der Waals surface area contributed by atoms with Crippen molar-refractivity contribution in [2.24, 2.45) is 0 Å². The van der Waals surface area contributed by atoms with Crippen LogP contribution in [0.15, 0.2) is 72.8 Å². The van der Waals surface area contributed by atoms with Crippen LogP contribution in [0.25, 0.3) is 22.1 Å². The lowest BCUT2D eigenvalue weighted by Crippen LogP contribution is -2.15. The number of hydrogen-bond acceptors (Lipinski definition) is 6. The fourth-order valence-electron chi connectivity index (χ4n) is 3.78. The van der Waals surface area contributed by atoms with Crippen molar-refractivity contribution in [3.63, 3.8) is 0 Å². The average molecular weight is 439 g/mol. The van der Waals surface area contributed by atoms with Crippen LogP contribution in [0.5, 0.6) is 11.5 Å². The zero-order valence-corrected chi connectivity index (χ0v) is 18.1. The number of amides is 1. The van der Waals surface area contributed by atoms with Gasteiger partial charge in [0.15, 0.2) is 5.65 Å². The molecule has 0 unspecified atom stereocenters. The molecule has 8 nitrogen and oxygen atoms in total. The SMILES string of the molecule is COc1cccc(C(=O)Nc2nnc3c4cc(OC)ccc4n(Cc4ccccc4)c3n2)c1. The molecule has 0 saturated carbocycles. The van der Waals surface area contributed by atoms with E-state index in [2.05, 4.69) is 37.2 Å². The largest absolute Gasteiger partial charge is 0.497 e. The Morgan fingerprint density at radius 3 is 2.48 bits per heavy atom. The second kappa shape index (κ2) is 8.58. The van der Waals surface area contributed by atoms with E-state index in [-0.39, 0.29) is 11.9 Å².